The van der Waals surface area contributed by atoms with Gasteiger partial charge in [-0.2, -0.15) is 0 Å². The Morgan fingerprint density at radius 2 is 2.11 bits per heavy atom. The molecule has 0 unspecified atom stereocenters. The van der Waals surface area contributed by atoms with E-state index in [4.69, 9.17) is 5.11 Å². The van der Waals surface area contributed by atoms with Crippen LogP contribution in [0, 0.1) is 11.7 Å². The van der Waals surface area contributed by atoms with Crippen LogP contribution in [0.15, 0.2) is 48.7 Å². The molecular weight excluding hydrogens is 377 g/mol. The molecule has 1 aliphatic heterocycles. The number of hydrogen-bond donors (Lipinski definition) is 1. The first-order valence-corrected chi connectivity index (χ1v) is 9.78. The van der Waals surface area contributed by atoms with E-state index in [1.54, 1.807) is 12.3 Å². The second-order valence-electron chi connectivity index (χ2n) is 7.04. The summed E-state index contributed by atoms with van der Waals surface area (Å²) in [4.78, 5) is 21.9. The van der Waals surface area contributed by atoms with Gasteiger partial charge < -0.3 is 5.11 Å². The minimum atomic E-state index is -0.767. The first kappa shape index (κ1) is 17.2. The van der Waals surface area contributed by atoms with Crippen molar-refractivity contribution >= 4 is 38.4 Å². The molecule has 2 aromatic heterocycles. The van der Waals surface area contributed by atoms with Gasteiger partial charge >= 0.3 is 5.97 Å². The van der Waals surface area contributed by atoms with Gasteiger partial charge in [-0.15, -0.1) is 11.3 Å². The highest BCUT2D eigenvalue weighted by Crippen LogP contribution is 2.35. The molecule has 5 rings (SSSR count). The van der Waals surface area contributed by atoms with Gasteiger partial charge in [-0.25, -0.2) is 9.37 Å². The highest BCUT2D eigenvalue weighted by atomic mass is 32.1. The summed E-state index contributed by atoms with van der Waals surface area (Å²) in [5.74, 6) is -1.39. The third kappa shape index (κ3) is 2.93. The van der Waals surface area contributed by atoms with E-state index in [2.05, 4.69) is 9.97 Å². The van der Waals surface area contributed by atoms with Gasteiger partial charge in [0.05, 0.1) is 21.7 Å². The van der Waals surface area contributed by atoms with Crippen molar-refractivity contribution in [3.05, 3.63) is 60.0 Å². The molecular formula is C21H16FN3O2S. The average Bonchev–Trinajstić information content (AvgIpc) is 3.08. The molecule has 1 saturated heterocycles. The fourth-order valence-corrected chi connectivity index (χ4v) is 4.61. The second-order valence-corrected chi connectivity index (χ2v) is 8.08. The Bertz CT molecular complexity index is 1220. The third-order valence-electron chi connectivity index (χ3n) is 5.12. The number of aromatic nitrogens is 2. The van der Waals surface area contributed by atoms with E-state index in [9.17, 15) is 9.18 Å². The van der Waals surface area contributed by atoms with Gasteiger partial charge in [0.1, 0.15) is 10.8 Å². The summed E-state index contributed by atoms with van der Waals surface area (Å²) in [5.41, 5.74) is 3.03. The molecule has 0 bridgehead atoms. The number of carbonyl (C=O) groups is 1. The van der Waals surface area contributed by atoms with Crippen LogP contribution in [0.1, 0.15) is 5.56 Å². The van der Waals surface area contributed by atoms with E-state index < -0.39 is 5.97 Å². The van der Waals surface area contributed by atoms with Crippen LogP contribution in [0.2, 0.25) is 0 Å². The number of likely N-dealkylation sites (tertiary alicyclic amines) is 1. The van der Waals surface area contributed by atoms with E-state index in [-0.39, 0.29) is 11.7 Å². The standard InChI is InChI=1S/C21H16FN3O2S/c22-16-8-12(9-25-10-13(11-25)21(26)27)3-4-14(16)20-24-19-15-2-1-7-23-17(15)5-6-18(19)28-20/h1-8,13H,9-11H2,(H,26,27). The molecule has 0 atom stereocenters. The lowest BCUT2D eigenvalue weighted by molar-refractivity contribution is -0.147. The van der Waals surface area contributed by atoms with Crippen molar-refractivity contribution in [3.63, 3.8) is 0 Å². The summed E-state index contributed by atoms with van der Waals surface area (Å²) < 4.78 is 15.8. The summed E-state index contributed by atoms with van der Waals surface area (Å²) in [5, 5.41) is 10.6. The molecule has 5 nitrogen and oxygen atoms in total. The van der Waals surface area contributed by atoms with Gasteiger partial charge in [-0.3, -0.25) is 14.7 Å². The smallest absolute Gasteiger partial charge is 0.309 e. The minimum Gasteiger partial charge on any atom is -0.481 e. The van der Waals surface area contributed by atoms with Gasteiger partial charge in [0, 0.05) is 36.8 Å². The summed E-state index contributed by atoms with van der Waals surface area (Å²) in [7, 11) is 0. The van der Waals surface area contributed by atoms with E-state index in [1.165, 1.54) is 17.4 Å². The van der Waals surface area contributed by atoms with Crippen molar-refractivity contribution in [1.29, 1.82) is 0 Å². The van der Waals surface area contributed by atoms with Gasteiger partial charge in [-0.1, -0.05) is 6.07 Å². The third-order valence-corrected chi connectivity index (χ3v) is 6.17. The molecule has 4 aromatic rings. The van der Waals surface area contributed by atoms with Crippen LogP contribution in [0.3, 0.4) is 0 Å². The maximum atomic E-state index is 14.8. The molecule has 1 N–H and O–H groups in total. The zero-order chi connectivity index (χ0) is 19.3. The largest absolute Gasteiger partial charge is 0.481 e. The highest BCUT2D eigenvalue weighted by molar-refractivity contribution is 7.21. The maximum Gasteiger partial charge on any atom is 0.309 e. The Labute approximate surface area is 164 Å². The van der Waals surface area contributed by atoms with Crippen molar-refractivity contribution in [2.45, 2.75) is 6.54 Å². The van der Waals surface area contributed by atoms with Gasteiger partial charge in [0.2, 0.25) is 0 Å². The van der Waals surface area contributed by atoms with E-state index in [1.807, 2.05) is 35.2 Å². The summed E-state index contributed by atoms with van der Waals surface area (Å²) >= 11 is 1.46. The van der Waals surface area contributed by atoms with E-state index in [0.717, 1.165) is 26.7 Å². The van der Waals surface area contributed by atoms with Crippen molar-refractivity contribution in [2.24, 2.45) is 5.92 Å². The van der Waals surface area contributed by atoms with Gasteiger partial charge in [-0.05, 0) is 42.0 Å². The quantitative estimate of drug-likeness (QED) is 0.564. The molecule has 0 radical (unpaired) electrons. The Kier molecular flexibility index (Phi) is 4.07. The van der Waals surface area contributed by atoms with Crippen LogP contribution in [0.4, 0.5) is 4.39 Å². The fourth-order valence-electron chi connectivity index (χ4n) is 3.60. The Morgan fingerprint density at radius 1 is 1.25 bits per heavy atom. The Hall–Kier alpha value is -2.90. The highest BCUT2D eigenvalue weighted by Gasteiger charge is 2.32. The number of carboxylic acids is 1. The van der Waals surface area contributed by atoms with Crippen molar-refractivity contribution < 1.29 is 14.3 Å². The lowest BCUT2D eigenvalue weighted by Gasteiger charge is -2.36. The Morgan fingerprint density at radius 3 is 2.89 bits per heavy atom. The molecule has 1 fully saturated rings. The minimum absolute atomic E-state index is 0.309. The van der Waals surface area contributed by atoms with Crippen LogP contribution in [0.5, 0.6) is 0 Å². The number of aliphatic carboxylic acids is 1. The van der Waals surface area contributed by atoms with Crippen LogP contribution in [-0.4, -0.2) is 39.0 Å². The first-order valence-electron chi connectivity index (χ1n) is 8.97. The summed E-state index contributed by atoms with van der Waals surface area (Å²) in [6, 6.07) is 13.0. The predicted molar refractivity (Wildman–Crippen MR) is 107 cm³/mol. The lowest BCUT2D eigenvalue weighted by atomic mass is 9.99. The number of fused-ring (bicyclic) bond motifs is 3. The van der Waals surface area contributed by atoms with Crippen molar-refractivity contribution in [2.75, 3.05) is 13.1 Å². The van der Waals surface area contributed by atoms with Crippen LogP contribution < -0.4 is 0 Å². The van der Waals surface area contributed by atoms with Gasteiger partial charge in [0.25, 0.3) is 0 Å². The van der Waals surface area contributed by atoms with Crippen LogP contribution >= 0.6 is 11.3 Å². The number of benzene rings is 2. The van der Waals surface area contributed by atoms with Crippen molar-refractivity contribution in [3.8, 4) is 10.6 Å². The number of rotatable bonds is 4. The molecule has 0 amide bonds. The second kappa shape index (κ2) is 6.61. The average molecular weight is 393 g/mol. The monoisotopic (exact) mass is 393 g/mol. The summed E-state index contributed by atoms with van der Waals surface area (Å²) in [6.45, 7) is 1.58. The molecule has 140 valence electrons. The number of hydrogen-bond acceptors (Lipinski definition) is 5. The Balaban J connectivity index is 1.43. The molecule has 28 heavy (non-hydrogen) atoms. The van der Waals surface area contributed by atoms with Gasteiger partial charge in [0.15, 0.2) is 0 Å². The number of pyridine rings is 1. The topological polar surface area (TPSA) is 66.3 Å². The van der Waals surface area contributed by atoms with E-state index in [0.29, 0.717) is 30.2 Å². The summed E-state index contributed by atoms with van der Waals surface area (Å²) in [6.07, 6.45) is 1.75. The van der Waals surface area contributed by atoms with Crippen molar-refractivity contribution in [1.82, 2.24) is 14.9 Å². The number of halogens is 1. The number of nitrogens with zero attached hydrogens (tertiary/aromatic N) is 3. The first-order chi connectivity index (χ1) is 13.6. The SMILES string of the molecule is O=C(O)C1CN(Cc2ccc(-c3nc4c(ccc5ncccc54)s3)c(F)c2)C1. The predicted octanol–water partition coefficient (Wildman–Crippen LogP) is 4.17. The molecule has 7 heteroatoms. The molecule has 0 saturated carbocycles. The lowest BCUT2D eigenvalue weighted by Crippen LogP contribution is -2.49. The molecule has 2 aromatic carbocycles. The van der Waals surface area contributed by atoms with Crippen LogP contribution in [-0.2, 0) is 11.3 Å². The zero-order valence-corrected chi connectivity index (χ0v) is 15.6. The van der Waals surface area contributed by atoms with Crippen LogP contribution in [0.25, 0.3) is 31.7 Å². The molecule has 1 aliphatic rings. The maximum absolute atomic E-state index is 14.8. The fraction of sp³-hybridized carbons (Fsp3) is 0.190. The molecule has 3 heterocycles. The zero-order valence-electron chi connectivity index (χ0n) is 14.8. The van der Waals surface area contributed by atoms with E-state index >= 15 is 0 Å². The molecule has 0 aliphatic carbocycles. The molecule has 0 spiro atoms. The number of carboxylic acid groups (broad SMARTS) is 1. The number of thiazole rings is 1. The normalized spacial score (nSPS) is 15.2.